The minimum Gasteiger partial charge on any atom is -0.227 e. The highest BCUT2D eigenvalue weighted by Gasteiger charge is 2.35. The van der Waals surface area contributed by atoms with Crippen molar-refractivity contribution in [2.24, 2.45) is 0 Å². The molecule has 0 radical (unpaired) electrons. The molecule has 2 rings (SSSR count). The summed E-state index contributed by atoms with van der Waals surface area (Å²) >= 11 is 5.82. The Kier molecular flexibility index (Phi) is 2.81. The Balaban J connectivity index is 2.80. The molecule has 2 heterocycles. The molecule has 17 heavy (non-hydrogen) atoms. The van der Waals surface area contributed by atoms with Gasteiger partial charge in [0.2, 0.25) is 0 Å². The number of halogens is 4. The van der Waals surface area contributed by atoms with Gasteiger partial charge in [-0.1, -0.05) is 25.4 Å². The highest BCUT2D eigenvalue weighted by Crippen LogP contribution is 2.33. The van der Waals surface area contributed by atoms with Gasteiger partial charge in [0.05, 0.1) is 16.7 Å². The average molecular weight is 263 g/mol. The summed E-state index contributed by atoms with van der Waals surface area (Å²) in [4.78, 5) is 0. The number of rotatable bonds is 1. The predicted octanol–water partition coefficient (Wildman–Crippen LogP) is 4.13. The van der Waals surface area contributed by atoms with E-state index in [4.69, 9.17) is 11.6 Å². The van der Waals surface area contributed by atoms with Gasteiger partial charge in [-0.15, -0.1) is 0 Å². The Bertz CT molecular complexity index is 558. The van der Waals surface area contributed by atoms with Crippen LogP contribution in [0.25, 0.3) is 5.52 Å². The Morgan fingerprint density at radius 3 is 2.47 bits per heavy atom. The lowest BCUT2D eigenvalue weighted by molar-refractivity contribution is -0.142. The van der Waals surface area contributed by atoms with Gasteiger partial charge in [0.1, 0.15) is 5.69 Å². The molecule has 0 N–H and O–H groups in total. The largest absolute Gasteiger partial charge is 0.433 e. The Hall–Kier alpha value is -1.23. The van der Waals surface area contributed by atoms with E-state index in [1.807, 2.05) is 13.8 Å². The molecule has 0 bridgehead atoms. The van der Waals surface area contributed by atoms with Crippen molar-refractivity contribution >= 4 is 17.1 Å². The van der Waals surface area contributed by atoms with Crippen LogP contribution in [0.15, 0.2) is 18.3 Å². The topological polar surface area (TPSA) is 17.3 Å². The first-order valence-electron chi connectivity index (χ1n) is 5.05. The zero-order valence-corrected chi connectivity index (χ0v) is 9.97. The zero-order chi connectivity index (χ0) is 12.8. The number of aromatic nitrogens is 2. The summed E-state index contributed by atoms with van der Waals surface area (Å²) in [5, 5.41) is 3.87. The fraction of sp³-hybridized carbons (Fsp3) is 0.364. The molecule has 0 saturated carbocycles. The standard InChI is InChI=1S/C11H10ClF3N2/c1-6(2)7-3-9-8(12)5-16-17(9)10(4-7)11(13,14)15/h3-6H,1-2H3. The molecule has 2 aromatic heterocycles. The van der Waals surface area contributed by atoms with Crippen LogP contribution in [0.2, 0.25) is 5.02 Å². The molecular weight excluding hydrogens is 253 g/mol. The Morgan fingerprint density at radius 2 is 1.94 bits per heavy atom. The van der Waals surface area contributed by atoms with Crippen molar-refractivity contribution < 1.29 is 13.2 Å². The quantitative estimate of drug-likeness (QED) is 0.755. The van der Waals surface area contributed by atoms with Crippen molar-refractivity contribution in [3.8, 4) is 0 Å². The van der Waals surface area contributed by atoms with Crippen LogP contribution in [-0.4, -0.2) is 9.61 Å². The highest BCUT2D eigenvalue weighted by molar-refractivity contribution is 6.33. The second-order valence-electron chi connectivity index (χ2n) is 4.12. The van der Waals surface area contributed by atoms with Crippen LogP contribution >= 0.6 is 11.6 Å². The van der Waals surface area contributed by atoms with Crippen LogP contribution in [0.5, 0.6) is 0 Å². The van der Waals surface area contributed by atoms with Crippen LogP contribution in [0, 0.1) is 0 Å². The molecule has 0 aliphatic carbocycles. The van der Waals surface area contributed by atoms with Crippen LogP contribution in [0.3, 0.4) is 0 Å². The number of pyridine rings is 1. The number of fused-ring (bicyclic) bond motifs is 1. The first-order chi connectivity index (χ1) is 7.80. The molecule has 0 fully saturated rings. The molecule has 0 saturated heterocycles. The monoisotopic (exact) mass is 262 g/mol. The van der Waals surface area contributed by atoms with Gasteiger partial charge in [0.15, 0.2) is 0 Å². The average Bonchev–Trinajstić information content (AvgIpc) is 2.58. The second-order valence-corrected chi connectivity index (χ2v) is 4.52. The maximum Gasteiger partial charge on any atom is 0.433 e. The Labute approximate surface area is 101 Å². The molecule has 2 aromatic rings. The summed E-state index contributed by atoms with van der Waals surface area (Å²) in [6, 6.07) is 2.75. The van der Waals surface area contributed by atoms with E-state index in [2.05, 4.69) is 5.10 Å². The molecule has 0 amide bonds. The van der Waals surface area contributed by atoms with E-state index >= 15 is 0 Å². The summed E-state index contributed by atoms with van der Waals surface area (Å²) in [6.07, 6.45) is -3.23. The number of hydrogen-bond donors (Lipinski definition) is 0. The fourth-order valence-electron chi connectivity index (χ4n) is 1.61. The van der Waals surface area contributed by atoms with Crippen LogP contribution in [0.4, 0.5) is 13.2 Å². The minimum atomic E-state index is -4.45. The minimum absolute atomic E-state index is 0.00735. The number of nitrogens with zero attached hydrogens (tertiary/aromatic N) is 2. The van der Waals surface area contributed by atoms with E-state index in [0.29, 0.717) is 5.56 Å². The van der Waals surface area contributed by atoms with E-state index in [9.17, 15) is 13.2 Å². The SMILES string of the molecule is CC(C)c1cc(C(F)(F)F)n2ncc(Cl)c2c1. The predicted molar refractivity (Wildman–Crippen MR) is 59.3 cm³/mol. The lowest BCUT2D eigenvalue weighted by Crippen LogP contribution is -2.13. The molecule has 2 nitrogen and oxygen atoms in total. The van der Waals surface area contributed by atoms with Gasteiger partial charge < -0.3 is 0 Å². The van der Waals surface area contributed by atoms with Crippen molar-refractivity contribution in [2.75, 3.05) is 0 Å². The first kappa shape index (κ1) is 12.2. The van der Waals surface area contributed by atoms with Gasteiger partial charge >= 0.3 is 6.18 Å². The third-order valence-electron chi connectivity index (χ3n) is 2.55. The maximum absolute atomic E-state index is 12.9. The van der Waals surface area contributed by atoms with Crippen molar-refractivity contribution in [3.05, 3.63) is 34.6 Å². The molecule has 92 valence electrons. The van der Waals surface area contributed by atoms with Crippen LogP contribution < -0.4 is 0 Å². The van der Waals surface area contributed by atoms with Gasteiger partial charge in [-0.05, 0) is 23.6 Å². The smallest absolute Gasteiger partial charge is 0.227 e. The van der Waals surface area contributed by atoms with E-state index in [-0.39, 0.29) is 16.5 Å². The number of alkyl halides is 3. The highest BCUT2D eigenvalue weighted by atomic mass is 35.5. The Morgan fingerprint density at radius 1 is 1.29 bits per heavy atom. The van der Waals surface area contributed by atoms with Crippen molar-refractivity contribution in [2.45, 2.75) is 25.9 Å². The number of hydrogen-bond acceptors (Lipinski definition) is 1. The van der Waals surface area contributed by atoms with Gasteiger partial charge in [0.25, 0.3) is 0 Å². The normalized spacial score (nSPS) is 12.6. The molecule has 0 unspecified atom stereocenters. The van der Waals surface area contributed by atoms with Crippen LogP contribution in [-0.2, 0) is 6.18 Å². The van der Waals surface area contributed by atoms with Gasteiger partial charge in [-0.25, -0.2) is 4.52 Å². The summed E-state index contributed by atoms with van der Waals surface area (Å²) in [6.45, 7) is 3.66. The van der Waals surface area contributed by atoms with Crippen LogP contribution in [0.1, 0.15) is 31.0 Å². The van der Waals surface area contributed by atoms with Gasteiger partial charge in [0, 0.05) is 0 Å². The lowest BCUT2D eigenvalue weighted by Gasteiger charge is -2.13. The van der Waals surface area contributed by atoms with E-state index in [1.54, 1.807) is 6.07 Å². The third-order valence-corrected chi connectivity index (χ3v) is 2.84. The molecule has 0 aliphatic heterocycles. The van der Waals surface area contributed by atoms with Crippen molar-refractivity contribution in [3.63, 3.8) is 0 Å². The molecular formula is C11H10ClF3N2. The van der Waals surface area contributed by atoms with Gasteiger partial charge in [-0.3, -0.25) is 0 Å². The van der Waals surface area contributed by atoms with Crippen molar-refractivity contribution in [1.82, 2.24) is 9.61 Å². The first-order valence-corrected chi connectivity index (χ1v) is 5.43. The fourth-order valence-corrected chi connectivity index (χ4v) is 1.79. The summed E-state index contributed by atoms with van der Waals surface area (Å²) in [5.41, 5.74) is 0.0722. The zero-order valence-electron chi connectivity index (χ0n) is 9.22. The summed E-state index contributed by atoms with van der Waals surface area (Å²) in [7, 11) is 0. The van der Waals surface area contributed by atoms with E-state index < -0.39 is 11.9 Å². The molecule has 6 heteroatoms. The second kappa shape index (κ2) is 3.91. The molecule has 0 aliphatic rings. The van der Waals surface area contributed by atoms with E-state index in [1.165, 1.54) is 6.20 Å². The molecule has 0 spiro atoms. The summed E-state index contributed by atoms with van der Waals surface area (Å²) in [5.74, 6) is -0.00735. The third kappa shape index (κ3) is 2.11. The molecule has 0 atom stereocenters. The maximum atomic E-state index is 12.9. The van der Waals surface area contributed by atoms with E-state index in [0.717, 1.165) is 10.6 Å². The summed E-state index contributed by atoms with van der Waals surface area (Å²) < 4.78 is 39.4. The van der Waals surface area contributed by atoms with Crippen molar-refractivity contribution in [1.29, 1.82) is 0 Å². The van der Waals surface area contributed by atoms with Gasteiger partial charge in [-0.2, -0.15) is 18.3 Å². The lowest BCUT2D eigenvalue weighted by atomic mass is 10.0. The molecule has 0 aromatic carbocycles.